The number of imidazole rings is 1. The van der Waals surface area contributed by atoms with Crippen LogP contribution >= 0.6 is 11.6 Å². The zero-order valence-corrected chi connectivity index (χ0v) is 10.4. The van der Waals surface area contributed by atoms with E-state index < -0.39 is 0 Å². The van der Waals surface area contributed by atoms with Gasteiger partial charge >= 0.3 is 0 Å². The van der Waals surface area contributed by atoms with Crippen molar-refractivity contribution in [2.45, 2.75) is 6.42 Å². The first kappa shape index (κ1) is 11.3. The van der Waals surface area contributed by atoms with Gasteiger partial charge in [0.1, 0.15) is 0 Å². The SMILES string of the molecule is NCCc1cn2[nH]c(-c3ccc(Cl)cc3)nc2n1. The molecule has 5 nitrogen and oxygen atoms in total. The van der Waals surface area contributed by atoms with Gasteiger partial charge in [0.25, 0.3) is 5.78 Å². The maximum atomic E-state index is 5.85. The number of H-pyrrole nitrogens is 1. The Hall–Kier alpha value is -1.85. The largest absolute Gasteiger partial charge is 0.330 e. The van der Waals surface area contributed by atoms with Crippen molar-refractivity contribution in [1.29, 1.82) is 0 Å². The molecular formula is C12H12ClN5. The minimum Gasteiger partial charge on any atom is -0.330 e. The van der Waals surface area contributed by atoms with E-state index in [0.29, 0.717) is 17.3 Å². The second-order valence-corrected chi connectivity index (χ2v) is 4.46. The fraction of sp³-hybridized carbons (Fsp3) is 0.167. The van der Waals surface area contributed by atoms with Crippen LogP contribution in [0.4, 0.5) is 0 Å². The molecule has 2 aromatic heterocycles. The number of aromatic amines is 1. The van der Waals surface area contributed by atoms with E-state index in [1.165, 1.54) is 0 Å². The molecule has 0 saturated heterocycles. The molecule has 0 atom stereocenters. The number of aromatic nitrogens is 4. The lowest BCUT2D eigenvalue weighted by atomic mass is 10.2. The van der Waals surface area contributed by atoms with Crippen molar-refractivity contribution in [3.63, 3.8) is 0 Å². The summed E-state index contributed by atoms with van der Waals surface area (Å²) >= 11 is 5.85. The minimum atomic E-state index is 0.588. The van der Waals surface area contributed by atoms with Gasteiger partial charge in [0.2, 0.25) is 0 Å². The van der Waals surface area contributed by atoms with E-state index in [1.54, 1.807) is 4.52 Å². The average Bonchev–Trinajstić information content (AvgIpc) is 2.88. The lowest BCUT2D eigenvalue weighted by molar-refractivity contribution is 0.922. The molecule has 92 valence electrons. The number of halogens is 1. The molecule has 0 amide bonds. The Balaban J connectivity index is 1.98. The van der Waals surface area contributed by atoms with Crippen molar-refractivity contribution in [3.05, 3.63) is 41.2 Å². The summed E-state index contributed by atoms with van der Waals surface area (Å²) in [7, 11) is 0. The highest BCUT2D eigenvalue weighted by molar-refractivity contribution is 6.30. The Kier molecular flexibility index (Phi) is 2.77. The molecule has 0 unspecified atom stereocenters. The predicted molar refractivity (Wildman–Crippen MR) is 70.5 cm³/mol. The van der Waals surface area contributed by atoms with Crippen molar-refractivity contribution in [1.82, 2.24) is 19.6 Å². The number of fused-ring (bicyclic) bond motifs is 1. The smallest absolute Gasteiger partial charge is 0.251 e. The summed E-state index contributed by atoms with van der Waals surface area (Å²) in [5.41, 5.74) is 7.41. The molecule has 3 aromatic rings. The van der Waals surface area contributed by atoms with Crippen LogP contribution in [0.15, 0.2) is 30.5 Å². The molecule has 0 bridgehead atoms. The van der Waals surface area contributed by atoms with E-state index in [0.717, 1.165) is 23.5 Å². The molecule has 18 heavy (non-hydrogen) atoms. The van der Waals surface area contributed by atoms with Crippen LogP contribution in [-0.2, 0) is 6.42 Å². The summed E-state index contributed by atoms with van der Waals surface area (Å²) in [6, 6.07) is 7.51. The second-order valence-electron chi connectivity index (χ2n) is 4.02. The van der Waals surface area contributed by atoms with E-state index in [9.17, 15) is 0 Å². The van der Waals surface area contributed by atoms with Crippen molar-refractivity contribution in [2.75, 3.05) is 6.54 Å². The number of benzene rings is 1. The van der Waals surface area contributed by atoms with E-state index >= 15 is 0 Å². The summed E-state index contributed by atoms with van der Waals surface area (Å²) in [5, 5.41) is 3.88. The zero-order chi connectivity index (χ0) is 12.5. The fourth-order valence-corrected chi connectivity index (χ4v) is 1.95. The van der Waals surface area contributed by atoms with Crippen LogP contribution in [0.5, 0.6) is 0 Å². The Morgan fingerprint density at radius 3 is 2.67 bits per heavy atom. The van der Waals surface area contributed by atoms with Crippen LogP contribution in [0.2, 0.25) is 5.02 Å². The number of rotatable bonds is 3. The number of hydrogen-bond donors (Lipinski definition) is 2. The lowest BCUT2D eigenvalue weighted by Gasteiger charge is -1.95. The highest BCUT2D eigenvalue weighted by Gasteiger charge is 2.08. The molecule has 3 rings (SSSR count). The summed E-state index contributed by atoms with van der Waals surface area (Å²) in [6.45, 7) is 0.588. The first-order chi connectivity index (χ1) is 8.76. The third-order valence-corrected chi connectivity index (χ3v) is 2.95. The van der Waals surface area contributed by atoms with Crippen LogP contribution in [0.25, 0.3) is 17.2 Å². The highest BCUT2D eigenvalue weighted by atomic mass is 35.5. The standard InChI is InChI=1S/C12H12ClN5/c13-9-3-1-8(2-4-9)11-16-12-15-10(5-6-14)7-18(12)17-11/h1-4,7H,5-6,14H2,(H,15,16,17). The lowest BCUT2D eigenvalue weighted by Crippen LogP contribution is -2.02. The first-order valence-electron chi connectivity index (χ1n) is 5.66. The van der Waals surface area contributed by atoms with Gasteiger partial charge in [-0.15, -0.1) is 0 Å². The fourth-order valence-electron chi connectivity index (χ4n) is 1.82. The molecule has 0 aliphatic carbocycles. The molecule has 0 aliphatic rings. The molecular weight excluding hydrogens is 250 g/mol. The van der Waals surface area contributed by atoms with Crippen LogP contribution in [-0.4, -0.2) is 26.1 Å². The number of hydrogen-bond acceptors (Lipinski definition) is 3. The van der Waals surface area contributed by atoms with Gasteiger partial charge in [-0.05, 0) is 30.8 Å². The highest BCUT2D eigenvalue weighted by Crippen LogP contribution is 2.19. The molecule has 0 saturated carbocycles. The number of nitrogens with zero attached hydrogens (tertiary/aromatic N) is 3. The van der Waals surface area contributed by atoms with E-state index in [1.807, 2.05) is 30.5 Å². The van der Waals surface area contributed by atoms with Gasteiger partial charge in [0.05, 0.1) is 11.9 Å². The van der Waals surface area contributed by atoms with Crippen LogP contribution in [0, 0.1) is 0 Å². The molecule has 2 heterocycles. The minimum absolute atomic E-state index is 0.588. The van der Waals surface area contributed by atoms with Gasteiger partial charge in [-0.2, -0.15) is 4.98 Å². The molecule has 1 aromatic carbocycles. The third-order valence-electron chi connectivity index (χ3n) is 2.69. The van der Waals surface area contributed by atoms with E-state index in [-0.39, 0.29) is 0 Å². The summed E-state index contributed by atoms with van der Waals surface area (Å²) in [6.07, 6.45) is 2.67. The van der Waals surface area contributed by atoms with Crippen LogP contribution < -0.4 is 5.73 Å². The Morgan fingerprint density at radius 1 is 1.22 bits per heavy atom. The maximum absolute atomic E-state index is 5.85. The second kappa shape index (κ2) is 4.44. The normalized spacial score (nSPS) is 11.2. The van der Waals surface area contributed by atoms with Crippen molar-refractivity contribution < 1.29 is 0 Å². The van der Waals surface area contributed by atoms with Gasteiger partial charge < -0.3 is 5.73 Å². The van der Waals surface area contributed by atoms with Gasteiger partial charge in [-0.25, -0.2) is 9.50 Å². The molecule has 6 heteroatoms. The monoisotopic (exact) mass is 261 g/mol. The summed E-state index contributed by atoms with van der Waals surface area (Å²) in [4.78, 5) is 8.81. The van der Waals surface area contributed by atoms with Gasteiger partial charge in [-0.3, -0.25) is 5.10 Å². The Morgan fingerprint density at radius 2 is 2.00 bits per heavy atom. The first-order valence-corrected chi connectivity index (χ1v) is 6.04. The van der Waals surface area contributed by atoms with Gasteiger partial charge in [-0.1, -0.05) is 11.6 Å². The molecule has 3 N–H and O–H groups in total. The maximum Gasteiger partial charge on any atom is 0.251 e. The summed E-state index contributed by atoms with van der Waals surface area (Å²) < 4.78 is 1.80. The Bertz CT molecular complexity index is 636. The molecule has 0 radical (unpaired) electrons. The summed E-state index contributed by atoms with van der Waals surface area (Å²) in [5.74, 6) is 1.43. The van der Waals surface area contributed by atoms with Gasteiger partial charge in [0.15, 0.2) is 5.82 Å². The molecule has 0 fully saturated rings. The number of nitrogens with one attached hydrogen (secondary N) is 1. The average molecular weight is 262 g/mol. The van der Waals surface area contributed by atoms with Crippen molar-refractivity contribution >= 4 is 17.4 Å². The van der Waals surface area contributed by atoms with Gasteiger partial charge in [0, 0.05) is 17.0 Å². The predicted octanol–water partition coefficient (Wildman–Crippen LogP) is 1.88. The topological polar surface area (TPSA) is 72.0 Å². The quantitative estimate of drug-likeness (QED) is 0.756. The van der Waals surface area contributed by atoms with E-state index in [4.69, 9.17) is 17.3 Å². The number of nitrogens with two attached hydrogens (primary N) is 1. The molecule has 0 aliphatic heterocycles. The van der Waals surface area contributed by atoms with E-state index in [2.05, 4.69) is 15.1 Å². The van der Waals surface area contributed by atoms with Crippen LogP contribution in [0.3, 0.4) is 0 Å². The zero-order valence-electron chi connectivity index (χ0n) is 9.60. The van der Waals surface area contributed by atoms with Crippen LogP contribution in [0.1, 0.15) is 5.69 Å². The van der Waals surface area contributed by atoms with Crippen molar-refractivity contribution in [3.8, 4) is 11.4 Å². The third kappa shape index (κ3) is 1.98. The van der Waals surface area contributed by atoms with Crippen molar-refractivity contribution in [2.24, 2.45) is 5.73 Å². The molecule has 0 spiro atoms. The Labute approximate surface area is 109 Å².